The van der Waals surface area contributed by atoms with Gasteiger partial charge in [-0.3, -0.25) is 0 Å². The Morgan fingerprint density at radius 3 is 2.75 bits per heavy atom. The molecule has 0 saturated heterocycles. The minimum atomic E-state index is -0.244. The molecule has 3 nitrogen and oxygen atoms in total. The van der Waals surface area contributed by atoms with E-state index in [1.807, 2.05) is 30.1 Å². The van der Waals surface area contributed by atoms with Crippen LogP contribution in [0.4, 0.5) is 15.9 Å². The average Bonchev–Trinajstić information content (AvgIpc) is 2.44. The van der Waals surface area contributed by atoms with Gasteiger partial charge in [0, 0.05) is 31.5 Å². The molecule has 1 aromatic carbocycles. The van der Waals surface area contributed by atoms with Crippen LogP contribution < -0.4 is 10.2 Å². The van der Waals surface area contributed by atoms with Gasteiger partial charge in [0.1, 0.15) is 11.6 Å². The first-order valence-electron chi connectivity index (χ1n) is 6.74. The van der Waals surface area contributed by atoms with Crippen molar-refractivity contribution in [1.82, 2.24) is 10.3 Å². The molecule has 0 amide bonds. The number of rotatable bonds is 5. The van der Waals surface area contributed by atoms with Crippen molar-refractivity contribution in [2.75, 3.05) is 11.9 Å². The predicted octanol–water partition coefficient (Wildman–Crippen LogP) is 3.49. The number of nitrogens with one attached hydrogen (secondary N) is 1. The molecule has 106 valence electrons. The number of anilines is 2. The molecule has 20 heavy (non-hydrogen) atoms. The summed E-state index contributed by atoms with van der Waals surface area (Å²) in [5.74, 6) is 0.561. The summed E-state index contributed by atoms with van der Waals surface area (Å²) >= 11 is 0. The molecule has 0 saturated carbocycles. The van der Waals surface area contributed by atoms with Gasteiger partial charge in [0.15, 0.2) is 0 Å². The molecule has 1 aromatic heterocycles. The summed E-state index contributed by atoms with van der Waals surface area (Å²) in [5, 5.41) is 3.37. The van der Waals surface area contributed by atoms with Crippen LogP contribution in [0.5, 0.6) is 0 Å². The van der Waals surface area contributed by atoms with Crippen LogP contribution in [0, 0.1) is 5.82 Å². The second kappa shape index (κ2) is 6.48. The fraction of sp³-hybridized carbons (Fsp3) is 0.312. The van der Waals surface area contributed by atoms with Crippen LogP contribution in [0.25, 0.3) is 0 Å². The third-order valence-electron chi connectivity index (χ3n) is 3.06. The van der Waals surface area contributed by atoms with Crippen molar-refractivity contribution >= 4 is 11.5 Å². The molecule has 0 unspecified atom stereocenters. The molecule has 0 atom stereocenters. The van der Waals surface area contributed by atoms with Gasteiger partial charge in [-0.25, -0.2) is 9.37 Å². The smallest absolute Gasteiger partial charge is 0.132 e. The molecule has 1 N–H and O–H groups in total. The maximum absolute atomic E-state index is 13.3. The van der Waals surface area contributed by atoms with E-state index in [2.05, 4.69) is 24.1 Å². The van der Waals surface area contributed by atoms with Gasteiger partial charge >= 0.3 is 0 Å². The quantitative estimate of drug-likeness (QED) is 0.904. The van der Waals surface area contributed by atoms with Gasteiger partial charge in [-0.05, 0) is 35.9 Å². The van der Waals surface area contributed by atoms with E-state index < -0.39 is 0 Å². The maximum atomic E-state index is 13.3. The van der Waals surface area contributed by atoms with Gasteiger partial charge in [0.05, 0.1) is 0 Å². The zero-order valence-electron chi connectivity index (χ0n) is 12.1. The van der Waals surface area contributed by atoms with E-state index in [0.717, 1.165) is 23.6 Å². The van der Waals surface area contributed by atoms with Crippen LogP contribution in [0.1, 0.15) is 19.4 Å². The first kappa shape index (κ1) is 14.5. The maximum Gasteiger partial charge on any atom is 0.132 e. The number of aromatic nitrogens is 1. The number of halogens is 1. The number of hydrogen-bond donors (Lipinski definition) is 1. The van der Waals surface area contributed by atoms with Gasteiger partial charge in [-0.1, -0.05) is 19.9 Å². The highest BCUT2D eigenvalue weighted by Gasteiger charge is 2.07. The molecule has 0 bridgehead atoms. The van der Waals surface area contributed by atoms with Crippen molar-refractivity contribution in [1.29, 1.82) is 0 Å². The third kappa shape index (κ3) is 3.78. The largest absolute Gasteiger partial charge is 0.329 e. The van der Waals surface area contributed by atoms with Crippen LogP contribution >= 0.6 is 0 Å². The second-order valence-corrected chi connectivity index (χ2v) is 5.10. The Labute approximate surface area is 119 Å². The first-order chi connectivity index (χ1) is 9.56. The molecular formula is C16H20FN3. The van der Waals surface area contributed by atoms with Gasteiger partial charge in [-0.2, -0.15) is 0 Å². The summed E-state index contributed by atoms with van der Waals surface area (Å²) in [4.78, 5) is 6.23. The van der Waals surface area contributed by atoms with Crippen LogP contribution in [-0.2, 0) is 6.54 Å². The van der Waals surface area contributed by atoms with Gasteiger partial charge in [0.2, 0.25) is 0 Å². The van der Waals surface area contributed by atoms with E-state index in [9.17, 15) is 4.39 Å². The lowest BCUT2D eigenvalue weighted by Gasteiger charge is -2.19. The van der Waals surface area contributed by atoms with E-state index in [1.165, 1.54) is 12.1 Å². The molecular weight excluding hydrogens is 253 g/mol. The Balaban J connectivity index is 2.17. The van der Waals surface area contributed by atoms with E-state index in [0.29, 0.717) is 6.04 Å². The number of pyridine rings is 1. The molecule has 0 fully saturated rings. The van der Waals surface area contributed by atoms with Gasteiger partial charge in [-0.15, -0.1) is 0 Å². The van der Waals surface area contributed by atoms with Crippen molar-refractivity contribution in [3.63, 3.8) is 0 Å². The highest BCUT2D eigenvalue weighted by Crippen LogP contribution is 2.22. The Morgan fingerprint density at radius 2 is 2.05 bits per heavy atom. The molecule has 0 spiro atoms. The summed E-state index contributed by atoms with van der Waals surface area (Å²) < 4.78 is 13.3. The minimum Gasteiger partial charge on any atom is -0.329 e. The fourth-order valence-electron chi connectivity index (χ4n) is 1.89. The topological polar surface area (TPSA) is 28.2 Å². The lowest BCUT2D eigenvalue weighted by Crippen LogP contribution is -2.22. The lowest BCUT2D eigenvalue weighted by atomic mass is 10.2. The van der Waals surface area contributed by atoms with E-state index >= 15 is 0 Å². The molecule has 0 aliphatic rings. The zero-order valence-corrected chi connectivity index (χ0v) is 12.1. The molecule has 1 heterocycles. The fourth-order valence-corrected chi connectivity index (χ4v) is 1.89. The predicted molar refractivity (Wildman–Crippen MR) is 80.7 cm³/mol. The number of benzene rings is 1. The van der Waals surface area contributed by atoms with Crippen molar-refractivity contribution < 1.29 is 4.39 Å². The van der Waals surface area contributed by atoms with Crippen LogP contribution in [0.15, 0.2) is 42.6 Å². The highest BCUT2D eigenvalue weighted by atomic mass is 19.1. The molecule has 4 heteroatoms. The SMILES string of the molecule is CC(C)NCc1ccnc(N(C)c2cccc(F)c2)c1. The number of nitrogens with zero attached hydrogens (tertiary/aromatic N) is 2. The Hall–Kier alpha value is -1.94. The minimum absolute atomic E-state index is 0.244. The number of hydrogen-bond acceptors (Lipinski definition) is 3. The second-order valence-electron chi connectivity index (χ2n) is 5.10. The summed E-state index contributed by atoms with van der Waals surface area (Å²) in [6.45, 7) is 5.02. The van der Waals surface area contributed by atoms with Crippen molar-refractivity contribution in [3.05, 3.63) is 54.0 Å². The van der Waals surface area contributed by atoms with E-state index in [4.69, 9.17) is 0 Å². The molecule has 0 radical (unpaired) electrons. The van der Waals surface area contributed by atoms with Crippen LogP contribution in [-0.4, -0.2) is 18.1 Å². The Kier molecular flexibility index (Phi) is 4.69. The van der Waals surface area contributed by atoms with Crippen molar-refractivity contribution in [2.24, 2.45) is 0 Å². The van der Waals surface area contributed by atoms with E-state index in [1.54, 1.807) is 12.3 Å². The van der Waals surface area contributed by atoms with Crippen LogP contribution in [0.2, 0.25) is 0 Å². The van der Waals surface area contributed by atoms with E-state index in [-0.39, 0.29) is 5.82 Å². The molecule has 0 aliphatic heterocycles. The lowest BCUT2D eigenvalue weighted by molar-refractivity contribution is 0.588. The first-order valence-corrected chi connectivity index (χ1v) is 6.74. The molecule has 2 rings (SSSR count). The van der Waals surface area contributed by atoms with Crippen molar-refractivity contribution in [2.45, 2.75) is 26.4 Å². The average molecular weight is 273 g/mol. The van der Waals surface area contributed by atoms with Crippen molar-refractivity contribution in [3.8, 4) is 0 Å². The highest BCUT2D eigenvalue weighted by molar-refractivity contribution is 5.59. The molecule has 2 aromatic rings. The van der Waals surface area contributed by atoms with Gasteiger partial charge < -0.3 is 10.2 Å². The standard InChI is InChI=1S/C16H20FN3/c1-12(2)19-11-13-7-8-18-16(9-13)20(3)15-6-4-5-14(17)10-15/h4-10,12,19H,11H2,1-3H3. The van der Waals surface area contributed by atoms with Gasteiger partial charge in [0.25, 0.3) is 0 Å². The zero-order chi connectivity index (χ0) is 14.5. The Bertz CT molecular complexity index is 569. The van der Waals surface area contributed by atoms with Crippen LogP contribution in [0.3, 0.4) is 0 Å². The third-order valence-corrected chi connectivity index (χ3v) is 3.06. The normalized spacial score (nSPS) is 10.8. The Morgan fingerprint density at radius 1 is 1.25 bits per heavy atom. The summed E-state index contributed by atoms with van der Waals surface area (Å²) in [6.07, 6.45) is 1.78. The summed E-state index contributed by atoms with van der Waals surface area (Å²) in [7, 11) is 1.89. The molecule has 0 aliphatic carbocycles. The monoisotopic (exact) mass is 273 g/mol. The summed E-state index contributed by atoms with van der Waals surface area (Å²) in [5.41, 5.74) is 1.94. The summed E-state index contributed by atoms with van der Waals surface area (Å²) in [6, 6.07) is 10.9.